The van der Waals surface area contributed by atoms with E-state index >= 15 is 0 Å². The third-order valence-electron chi connectivity index (χ3n) is 9.64. The first-order valence-corrected chi connectivity index (χ1v) is 19.8. The molecule has 0 aliphatic carbocycles. The number of carbonyl (C=O) groups is 7. The summed E-state index contributed by atoms with van der Waals surface area (Å²) < 4.78 is 20.4. The van der Waals surface area contributed by atoms with E-state index < -0.39 is 140 Å². The first-order chi connectivity index (χ1) is 30.2. The number of nitrogens with one attached hydrogen (secondary N) is 4. The van der Waals surface area contributed by atoms with Gasteiger partial charge in [0.05, 0.1) is 19.6 Å². The van der Waals surface area contributed by atoms with E-state index in [-0.39, 0.29) is 18.9 Å². The SMILES string of the molecule is CC(NC(=O)C(NC(=O)[C@H](O)[C@H](O)[C@@H](O[C@@H]1O[C@H](CO)[C@H](O)[C@H](O)[C@H]1O)[C@H](O)CO)C(C)C)C(=O)NC(CC(N)=O)C(=O)Nc1ccc(COC(=O)C(=O)OCc2ccccc2)cc1. The van der Waals surface area contributed by atoms with Crippen LogP contribution in [0.4, 0.5) is 5.69 Å². The number of hydrogen-bond donors (Lipinski definition) is 13. The molecule has 14 N–H and O–H groups in total. The second kappa shape index (κ2) is 25.0. The molecular weight excluding hydrogens is 854 g/mol. The van der Waals surface area contributed by atoms with Gasteiger partial charge in [0.1, 0.15) is 74.1 Å². The summed E-state index contributed by atoms with van der Waals surface area (Å²) in [6.45, 7) is 1.69. The number of esters is 2. The van der Waals surface area contributed by atoms with Gasteiger partial charge in [0.15, 0.2) is 12.4 Å². The summed E-state index contributed by atoms with van der Waals surface area (Å²) in [5.74, 6) is -8.44. The second-order valence-corrected chi connectivity index (χ2v) is 15.0. The third-order valence-corrected chi connectivity index (χ3v) is 9.64. The minimum atomic E-state index is -2.51. The lowest BCUT2D eigenvalue weighted by molar-refractivity contribution is -0.326. The molecule has 3 rings (SSSR count). The summed E-state index contributed by atoms with van der Waals surface area (Å²) in [5, 5.41) is 90.7. The maximum Gasteiger partial charge on any atom is 0.417 e. The van der Waals surface area contributed by atoms with E-state index in [4.69, 9.17) is 24.7 Å². The molecule has 5 amide bonds. The number of benzene rings is 2. The summed E-state index contributed by atoms with van der Waals surface area (Å²) in [5.41, 5.74) is 6.57. The molecule has 354 valence electrons. The minimum absolute atomic E-state index is 0.131. The average molecular weight is 910 g/mol. The number of amides is 5. The molecule has 0 aromatic heterocycles. The van der Waals surface area contributed by atoms with Crippen LogP contribution in [0.5, 0.6) is 0 Å². The first kappa shape index (κ1) is 52.7. The second-order valence-electron chi connectivity index (χ2n) is 15.0. The van der Waals surface area contributed by atoms with Crippen molar-refractivity contribution in [1.82, 2.24) is 16.0 Å². The van der Waals surface area contributed by atoms with E-state index in [2.05, 4.69) is 21.3 Å². The Hall–Kier alpha value is -5.67. The molecule has 0 saturated carbocycles. The van der Waals surface area contributed by atoms with Gasteiger partial charge in [-0.1, -0.05) is 56.3 Å². The van der Waals surface area contributed by atoms with E-state index in [1.54, 1.807) is 30.3 Å². The molecule has 1 fully saturated rings. The number of ether oxygens (including phenoxy) is 4. The Morgan fingerprint density at radius 3 is 1.83 bits per heavy atom. The predicted octanol–water partition coefficient (Wildman–Crippen LogP) is -5.32. The van der Waals surface area contributed by atoms with Gasteiger partial charge in [0.25, 0.3) is 5.91 Å². The van der Waals surface area contributed by atoms with Crippen LogP contribution in [0.25, 0.3) is 0 Å². The zero-order valence-electron chi connectivity index (χ0n) is 34.9. The van der Waals surface area contributed by atoms with Gasteiger partial charge in [-0.15, -0.1) is 0 Å². The first-order valence-electron chi connectivity index (χ1n) is 19.8. The van der Waals surface area contributed by atoms with Crippen molar-refractivity contribution in [3.8, 4) is 0 Å². The lowest BCUT2D eigenvalue weighted by atomic mass is 9.98. The van der Waals surface area contributed by atoms with E-state index in [1.807, 2.05) is 0 Å². The van der Waals surface area contributed by atoms with Crippen LogP contribution in [0, 0.1) is 5.92 Å². The fourth-order valence-corrected chi connectivity index (χ4v) is 5.93. The maximum atomic E-state index is 13.3. The van der Waals surface area contributed by atoms with Crippen molar-refractivity contribution in [3.05, 3.63) is 65.7 Å². The molecule has 24 nitrogen and oxygen atoms in total. The van der Waals surface area contributed by atoms with E-state index in [0.717, 1.165) is 0 Å². The highest BCUT2D eigenvalue weighted by Crippen LogP contribution is 2.25. The molecule has 1 aliphatic heterocycles. The highest BCUT2D eigenvalue weighted by Gasteiger charge is 2.47. The molecule has 3 unspecified atom stereocenters. The molecule has 1 saturated heterocycles. The van der Waals surface area contributed by atoms with Crippen molar-refractivity contribution in [1.29, 1.82) is 0 Å². The summed E-state index contributed by atoms with van der Waals surface area (Å²) in [6.07, 6.45) is -19.0. The van der Waals surface area contributed by atoms with Crippen LogP contribution < -0.4 is 27.0 Å². The van der Waals surface area contributed by atoms with Gasteiger partial charge in [0, 0.05) is 5.69 Å². The number of aliphatic hydroxyl groups excluding tert-OH is 8. The molecule has 0 bridgehead atoms. The number of hydrogen-bond acceptors (Lipinski definition) is 19. The molecule has 24 heteroatoms. The molecule has 0 spiro atoms. The summed E-state index contributed by atoms with van der Waals surface area (Å²) in [7, 11) is 0. The lowest BCUT2D eigenvalue weighted by Crippen LogP contribution is -2.62. The van der Waals surface area contributed by atoms with Crippen LogP contribution in [0.3, 0.4) is 0 Å². The van der Waals surface area contributed by atoms with Gasteiger partial charge in [-0.05, 0) is 36.1 Å². The zero-order chi connectivity index (χ0) is 47.8. The fourth-order valence-electron chi connectivity index (χ4n) is 5.93. The standard InChI is InChI=1S/C40H55N5O19/c1-18(2)27(45-37(58)31(53)30(52)33(24(48)14-46)64-40-32(54)29(51)28(50)25(15-47)63-40)36(57)42-19(3)34(55)44-23(13-26(41)49)35(56)43-22-11-9-21(10-12-22)17-62-39(60)38(59)61-16-20-7-5-4-6-8-20/h4-12,18-19,23-25,27-33,40,46-48,50-54H,13-17H2,1-3H3,(H2,41,49)(H,42,57)(H,43,56)(H,44,55)(H,45,58)/t19?,23?,24-,25-,27?,28+,29+,30+,31-,32-,33+,40+/m1/s1. The number of rotatable bonds is 22. The van der Waals surface area contributed by atoms with E-state index in [0.29, 0.717) is 11.1 Å². The number of anilines is 1. The van der Waals surface area contributed by atoms with Gasteiger partial charge in [-0.2, -0.15) is 0 Å². The van der Waals surface area contributed by atoms with Crippen LogP contribution in [0.2, 0.25) is 0 Å². The van der Waals surface area contributed by atoms with Crippen molar-refractivity contribution < 1.29 is 93.4 Å². The average Bonchev–Trinajstić information content (AvgIpc) is 3.27. The van der Waals surface area contributed by atoms with Crippen molar-refractivity contribution in [2.45, 2.75) is 114 Å². The maximum absolute atomic E-state index is 13.3. The molecule has 0 radical (unpaired) electrons. The fraction of sp³-hybridized carbons (Fsp3) is 0.525. The molecule has 64 heavy (non-hydrogen) atoms. The Balaban J connectivity index is 1.58. The third kappa shape index (κ3) is 15.3. The van der Waals surface area contributed by atoms with Crippen molar-refractivity contribution in [2.75, 3.05) is 18.5 Å². The Morgan fingerprint density at radius 1 is 0.719 bits per heavy atom. The number of nitrogens with two attached hydrogens (primary N) is 1. The van der Waals surface area contributed by atoms with Gasteiger partial charge in [-0.25, -0.2) is 9.59 Å². The summed E-state index contributed by atoms with van der Waals surface area (Å²) >= 11 is 0. The number of aliphatic hydroxyl groups is 8. The monoisotopic (exact) mass is 909 g/mol. The number of primary amides is 1. The zero-order valence-corrected chi connectivity index (χ0v) is 34.9. The van der Waals surface area contributed by atoms with Crippen LogP contribution in [-0.4, -0.2) is 169 Å². The molecule has 2 aromatic carbocycles. The lowest BCUT2D eigenvalue weighted by Gasteiger charge is -2.42. The highest BCUT2D eigenvalue weighted by atomic mass is 16.7. The Kier molecular flexibility index (Phi) is 20.6. The van der Waals surface area contributed by atoms with Crippen LogP contribution in [0.15, 0.2) is 54.6 Å². The number of carbonyl (C=O) groups excluding carboxylic acids is 7. The van der Waals surface area contributed by atoms with E-state index in [9.17, 15) is 74.4 Å². The normalized spacial score (nSPS) is 21.7. The molecule has 1 aliphatic rings. The Bertz CT molecular complexity index is 1890. The summed E-state index contributed by atoms with van der Waals surface area (Å²) in [4.78, 5) is 88.7. The Labute approximate surface area is 365 Å². The van der Waals surface area contributed by atoms with Crippen LogP contribution in [-0.2, 0) is 65.7 Å². The van der Waals surface area contributed by atoms with Gasteiger partial charge in [0.2, 0.25) is 23.6 Å². The van der Waals surface area contributed by atoms with Crippen LogP contribution in [0.1, 0.15) is 38.3 Å². The van der Waals surface area contributed by atoms with Crippen molar-refractivity contribution in [3.63, 3.8) is 0 Å². The largest absolute Gasteiger partial charge is 0.452 e. The molecule has 1 heterocycles. The van der Waals surface area contributed by atoms with Crippen molar-refractivity contribution in [2.24, 2.45) is 11.7 Å². The summed E-state index contributed by atoms with van der Waals surface area (Å²) in [6, 6.07) is 9.87. The van der Waals surface area contributed by atoms with Gasteiger partial charge < -0.3 is 86.8 Å². The Morgan fingerprint density at radius 2 is 1.30 bits per heavy atom. The highest BCUT2D eigenvalue weighted by molar-refractivity contribution is 6.29. The smallest absolute Gasteiger partial charge is 0.417 e. The quantitative estimate of drug-likeness (QED) is 0.0387. The van der Waals surface area contributed by atoms with E-state index in [1.165, 1.54) is 45.0 Å². The predicted molar refractivity (Wildman–Crippen MR) is 215 cm³/mol. The van der Waals surface area contributed by atoms with Gasteiger partial charge in [-0.3, -0.25) is 24.0 Å². The molecular formula is C40H55N5O19. The van der Waals surface area contributed by atoms with Crippen LogP contribution >= 0.6 is 0 Å². The minimum Gasteiger partial charge on any atom is -0.452 e. The van der Waals surface area contributed by atoms with Gasteiger partial charge >= 0.3 is 11.9 Å². The topological polar surface area (TPSA) is 392 Å². The van der Waals surface area contributed by atoms with Crippen molar-refractivity contribution >= 4 is 47.2 Å². The molecule has 2 aromatic rings. The molecule has 12 atom stereocenters.